The number of nitrogens with one attached hydrogen (secondary N) is 1. The molecule has 0 saturated carbocycles. The Bertz CT molecular complexity index is 495. The van der Waals surface area contributed by atoms with Crippen LogP contribution in [0.15, 0.2) is 24.3 Å². The van der Waals surface area contributed by atoms with E-state index in [-0.39, 0.29) is 5.41 Å². The van der Waals surface area contributed by atoms with Crippen LogP contribution < -0.4 is 5.32 Å². The molecular formula is C18H29NO3. The Morgan fingerprint density at radius 1 is 1.09 bits per heavy atom. The van der Waals surface area contributed by atoms with Gasteiger partial charge < -0.3 is 15.2 Å². The molecule has 0 radical (unpaired) electrons. The van der Waals surface area contributed by atoms with E-state index in [4.69, 9.17) is 4.74 Å². The molecule has 0 heterocycles. The molecule has 1 rings (SSSR count). The molecule has 0 spiro atoms. The topological polar surface area (TPSA) is 58.6 Å². The molecule has 0 aromatic heterocycles. The summed E-state index contributed by atoms with van der Waals surface area (Å²) in [6.07, 6.45) is -1.30. The molecule has 0 fully saturated rings. The molecule has 0 unspecified atom stereocenters. The van der Waals surface area contributed by atoms with Gasteiger partial charge in [0.05, 0.1) is 12.1 Å². The number of alkyl carbamates (subject to hydrolysis) is 1. The van der Waals surface area contributed by atoms with Crippen LogP contribution in [0.4, 0.5) is 4.79 Å². The number of carbonyl (C=O) groups excluding carboxylic acids is 1. The molecule has 4 nitrogen and oxygen atoms in total. The van der Waals surface area contributed by atoms with Gasteiger partial charge in [0.1, 0.15) is 5.60 Å². The molecule has 22 heavy (non-hydrogen) atoms. The second-order valence-electron chi connectivity index (χ2n) is 7.75. The summed E-state index contributed by atoms with van der Waals surface area (Å²) in [6.45, 7) is 13.6. The molecule has 0 bridgehead atoms. The number of rotatable bonds is 3. The molecule has 2 N–H and O–H groups in total. The third-order valence-electron chi connectivity index (χ3n) is 3.34. The summed E-state index contributed by atoms with van der Waals surface area (Å²) in [5.41, 5.74) is 1.50. The van der Waals surface area contributed by atoms with Gasteiger partial charge in [-0.15, -0.1) is 0 Å². The first-order valence-electron chi connectivity index (χ1n) is 7.68. The number of ether oxygens (including phenoxy) is 1. The largest absolute Gasteiger partial charge is 0.444 e. The number of aliphatic hydroxyl groups is 1. The van der Waals surface area contributed by atoms with Gasteiger partial charge in [0.2, 0.25) is 0 Å². The van der Waals surface area contributed by atoms with E-state index in [0.29, 0.717) is 0 Å². The highest BCUT2D eigenvalue weighted by Gasteiger charge is 2.23. The Hall–Kier alpha value is -1.55. The fourth-order valence-electron chi connectivity index (χ4n) is 2.04. The number of aliphatic hydroxyl groups excluding tert-OH is 1. The van der Waals surface area contributed by atoms with Crippen LogP contribution in [0, 0.1) is 0 Å². The Labute approximate surface area is 133 Å². The van der Waals surface area contributed by atoms with Crippen LogP contribution in [-0.2, 0) is 10.2 Å². The highest BCUT2D eigenvalue weighted by Crippen LogP contribution is 2.25. The van der Waals surface area contributed by atoms with Crippen LogP contribution in [0.5, 0.6) is 0 Å². The molecule has 0 aliphatic rings. The van der Waals surface area contributed by atoms with E-state index in [1.165, 1.54) is 5.56 Å². The fourth-order valence-corrected chi connectivity index (χ4v) is 2.04. The van der Waals surface area contributed by atoms with Gasteiger partial charge in [0, 0.05) is 0 Å². The quantitative estimate of drug-likeness (QED) is 0.889. The van der Waals surface area contributed by atoms with Gasteiger partial charge >= 0.3 is 6.09 Å². The Morgan fingerprint density at radius 2 is 1.59 bits per heavy atom. The van der Waals surface area contributed by atoms with E-state index in [1.807, 2.05) is 24.3 Å². The third kappa shape index (κ3) is 5.68. The van der Waals surface area contributed by atoms with Crippen molar-refractivity contribution in [2.75, 3.05) is 0 Å². The number of hydrogen-bond donors (Lipinski definition) is 2. The maximum absolute atomic E-state index is 11.7. The summed E-state index contributed by atoms with van der Waals surface area (Å²) in [5.74, 6) is 0. The van der Waals surface area contributed by atoms with Gasteiger partial charge in [-0.2, -0.15) is 0 Å². The van der Waals surface area contributed by atoms with Gasteiger partial charge in [-0.25, -0.2) is 4.79 Å². The van der Waals surface area contributed by atoms with Crippen molar-refractivity contribution < 1.29 is 14.6 Å². The lowest BCUT2D eigenvalue weighted by Gasteiger charge is -2.25. The van der Waals surface area contributed by atoms with Crippen molar-refractivity contribution in [1.82, 2.24) is 5.32 Å². The lowest BCUT2D eigenvalue weighted by atomic mass is 9.86. The average Bonchev–Trinajstić information content (AvgIpc) is 2.34. The van der Waals surface area contributed by atoms with E-state index in [1.54, 1.807) is 27.7 Å². The maximum atomic E-state index is 11.7. The van der Waals surface area contributed by atoms with Crippen molar-refractivity contribution in [1.29, 1.82) is 0 Å². The van der Waals surface area contributed by atoms with E-state index in [2.05, 4.69) is 26.1 Å². The summed E-state index contributed by atoms with van der Waals surface area (Å²) in [7, 11) is 0. The lowest BCUT2D eigenvalue weighted by Crippen LogP contribution is -2.40. The highest BCUT2D eigenvalue weighted by atomic mass is 16.6. The number of hydrogen-bond acceptors (Lipinski definition) is 3. The first-order valence-corrected chi connectivity index (χ1v) is 7.68. The summed E-state index contributed by atoms with van der Waals surface area (Å²) in [5, 5.41) is 13.0. The Balaban J connectivity index is 2.71. The zero-order chi connectivity index (χ0) is 17.1. The van der Waals surface area contributed by atoms with Crippen molar-refractivity contribution in [3.63, 3.8) is 0 Å². The van der Waals surface area contributed by atoms with Crippen LogP contribution in [-0.4, -0.2) is 22.8 Å². The first-order chi connectivity index (χ1) is 9.90. The maximum Gasteiger partial charge on any atom is 0.407 e. The van der Waals surface area contributed by atoms with Crippen LogP contribution in [0.3, 0.4) is 0 Å². The van der Waals surface area contributed by atoms with E-state index in [9.17, 15) is 9.90 Å². The van der Waals surface area contributed by atoms with Crippen molar-refractivity contribution in [3.8, 4) is 0 Å². The monoisotopic (exact) mass is 307 g/mol. The summed E-state index contributed by atoms with van der Waals surface area (Å²) in [4.78, 5) is 11.7. The second kappa shape index (κ2) is 6.69. The SMILES string of the molecule is C[C@@H](NC(=O)OC(C)(C)C)[C@H](O)c1ccc(C(C)(C)C)cc1. The second-order valence-corrected chi connectivity index (χ2v) is 7.75. The Kier molecular flexibility index (Phi) is 5.63. The summed E-state index contributed by atoms with van der Waals surface area (Å²) in [6, 6.07) is 7.39. The van der Waals surface area contributed by atoms with Crippen molar-refractivity contribution >= 4 is 6.09 Å². The molecule has 0 aliphatic heterocycles. The van der Waals surface area contributed by atoms with Gasteiger partial charge in [0.15, 0.2) is 0 Å². The number of amides is 1. The number of benzene rings is 1. The standard InChI is InChI=1S/C18H29NO3/c1-12(19-16(21)22-18(5,6)7)15(20)13-8-10-14(11-9-13)17(2,3)4/h8-12,15,20H,1-7H3,(H,19,21)/t12-,15+/m1/s1. The van der Waals surface area contributed by atoms with Gasteiger partial charge in [-0.3, -0.25) is 0 Å². The third-order valence-corrected chi connectivity index (χ3v) is 3.34. The first kappa shape index (κ1) is 18.5. The van der Waals surface area contributed by atoms with E-state index < -0.39 is 23.8 Å². The molecule has 124 valence electrons. The van der Waals surface area contributed by atoms with Crippen LogP contribution in [0.1, 0.15) is 65.7 Å². The van der Waals surface area contributed by atoms with Crippen LogP contribution >= 0.6 is 0 Å². The smallest absolute Gasteiger partial charge is 0.407 e. The molecular weight excluding hydrogens is 278 g/mol. The molecule has 0 aliphatic carbocycles. The molecule has 1 aromatic carbocycles. The highest BCUT2D eigenvalue weighted by molar-refractivity contribution is 5.68. The molecule has 1 amide bonds. The van der Waals surface area contributed by atoms with Crippen molar-refractivity contribution in [3.05, 3.63) is 35.4 Å². The normalized spacial score (nSPS) is 15.1. The Morgan fingerprint density at radius 3 is 2.00 bits per heavy atom. The van der Waals surface area contributed by atoms with Crippen LogP contribution in [0.2, 0.25) is 0 Å². The summed E-state index contributed by atoms with van der Waals surface area (Å²) >= 11 is 0. The van der Waals surface area contributed by atoms with Gasteiger partial charge in [-0.05, 0) is 44.2 Å². The number of carbonyl (C=O) groups is 1. The molecule has 0 saturated heterocycles. The fraction of sp³-hybridized carbons (Fsp3) is 0.611. The molecule has 1 aromatic rings. The van der Waals surface area contributed by atoms with Crippen molar-refractivity contribution in [2.45, 2.75) is 71.6 Å². The van der Waals surface area contributed by atoms with E-state index in [0.717, 1.165) is 5.56 Å². The van der Waals surface area contributed by atoms with Gasteiger partial charge in [0.25, 0.3) is 0 Å². The van der Waals surface area contributed by atoms with Crippen molar-refractivity contribution in [2.24, 2.45) is 0 Å². The summed E-state index contributed by atoms with van der Waals surface area (Å²) < 4.78 is 5.20. The predicted octanol–water partition coefficient (Wildman–Crippen LogP) is 3.93. The van der Waals surface area contributed by atoms with Gasteiger partial charge in [-0.1, -0.05) is 45.0 Å². The minimum atomic E-state index is -0.776. The zero-order valence-electron chi connectivity index (χ0n) is 14.7. The minimum Gasteiger partial charge on any atom is -0.444 e. The predicted molar refractivity (Wildman–Crippen MR) is 88.9 cm³/mol. The lowest BCUT2D eigenvalue weighted by molar-refractivity contribution is 0.0436. The van der Waals surface area contributed by atoms with Crippen LogP contribution in [0.25, 0.3) is 0 Å². The molecule has 4 heteroatoms. The zero-order valence-corrected chi connectivity index (χ0v) is 14.7. The average molecular weight is 307 g/mol. The minimum absolute atomic E-state index is 0.0733. The van der Waals surface area contributed by atoms with E-state index >= 15 is 0 Å². The molecule has 2 atom stereocenters.